The van der Waals surface area contributed by atoms with Gasteiger partial charge in [-0.3, -0.25) is 14.5 Å². The van der Waals surface area contributed by atoms with Crippen molar-refractivity contribution >= 4 is 17.7 Å². The minimum absolute atomic E-state index is 0.154. The zero-order valence-corrected chi connectivity index (χ0v) is 16.0. The Balaban J connectivity index is 1.69. The van der Waals surface area contributed by atoms with E-state index in [1.807, 2.05) is 36.4 Å². The first-order valence-electron chi connectivity index (χ1n) is 9.52. The highest BCUT2D eigenvalue weighted by Crippen LogP contribution is 2.33. The number of imide groups is 1. The van der Waals surface area contributed by atoms with Crippen molar-refractivity contribution in [3.63, 3.8) is 0 Å². The van der Waals surface area contributed by atoms with Crippen LogP contribution >= 0.6 is 0 Å². The molecule has 30 heavy (non-hydrogen) atoms. The van der Waals surface area contributed by atoms with Crippen LogP contribution < -0.4 is 5.32 Å². The zero-order chi connectivity index (χ0) is 21.1. The highest BCUT2D eigenvalue weighted by Gasteiger charge is 2.52. The normalized spacial score (nSPS) is 18.4. The number of halogens is 1. The van der Waals surface area contributed by atoms with Crippen LogP contribution in [0.15, 0.2) is 84.9 Å². The summed E-state index contributed by atoms with van der Waals surface area (Å²) in [6, 6.07) is 23.1. The van der Waals surface area contributed by atoms with Crippen LogP contribution in [0.2, 0.25) is 0 Å². The topological polar surface area (TPSA) is 66.5 Å². The number of amides is 3. The molecule has 1 aliphatic rings. The molecule has 1 saturated heterocycles. The molecule has 0 saturated carbocycles. The van der Waals surface area contributed by atoms with Crippen LogP contribution in [0.5, 0.6) is 0 Å². The van der Waals surface area contributed by atoms with Crippen LogP contribution in [-0.2, 0) is 16.8 Å². The van der Waals surface area contributed by atoms with E-state index in [1.54, 1.807) is 24.3 Å². The quantitative estimate of drug-likeness (QED) is 0.505. The summed E-state index contributed by atoms with van der Waals surface area (Å²) in [6.45, 7) is -0.533. The average molecular weight is 402 g/mol. The molecule has 1 fully saturated rings. The fraction of sp³-hybridized carbons (Fsp3) is 0.125. The first-order valence-corrected chi connectivity index (χ1v) is 9.52. The van der Waals surface area contributed by atoms with Gasteiger partial charge >= 0.3 is 6.03 Å². The van der Waals surface area contributed by atoms with Gasteiger partial charge in [-0.15, -0.1) is 0 Å². The standard InChI is InChI=1S/C24H19FN2O3/c25-20-14-8-7-13-19(20)21(28)16-27-22(29)24(26-23(27)30,18-11-5-2-6-12-18)15-17-9-3-1-4-10-17/h1-14H,15-16H2,(H,26,30)/t24-/m0/s1. The Morgan fingerprint density at radius 1 is 0.867 bits per heavy atom. The molecule has 3 aromatic rings. The second-order valence-corrected chi connectivity index (χ2v) is 7.16. The molecule has 1 aliphatic heterocycles. The lowest BCUT2D eigenvalue weighted by molar-refractivity contribution is -0.131. The van der Waals surface area contributed by atoms with Crippen molar-refractivity contribution in [1.29, 1.82) is 0 Å². The number of rotatable bonds is 6. The van der Waals surface area contributed by atoms with E-state index in [2.05, 4.69) is 5.32 Å². The summed E-state index contributed by atoms with van der Waals surface area (Å²) in [6.07, 6.45) is 0.229. The van der Waals surface area contributed by atoms with Gasteiger partial charge in [-0.25, -0.2) is 9.18 Å². The molecule has 6 heteroatoms. The molecule has 1 N–H and O–H groups in total. The fourth-order valence-electron chi connectivity index (χ4n) is 3.73. The number of ketones is 1. The Labute approximate surface area is 173 Å². The van der Waals surface area contributed by atoms with Crippen molar-refractivity contribution in [3.05, 3.63) is 107 Å². The van der Waals surface area contributed by atoms with Gasteiger partial charge in [-0.2, -0.15) is 0 Å². The molecule has 5 nitrogen and oxygen atoms in total. The number of carbonyl (C=O) groups excluding carboxylic acids is 3. The Hall–Kier alpha value is -3.80. The van der Waals surface area contributed by atoms with Crippen LogP contribution in [-0.4, -0.2) is 29.2 Å². The predicted octanol–water partition coefficient (Wildman–Crippen LogP) is 3.70. The first-order chi connectivity index (χ1) is 14.5. The van der Waals surface area contributed by atoms with Gasteiger partial charge in [-0.1, -0.05) is 72.8 Å². The van der Waals surface area contributed by atoms with Crippen LogP contribution in [0, 0.1) is 5.82 Å². The van der Waals surface area contributed by atoms with Gasteiger partial charge in [0.1, 0.15) is 5.82 Å². The van der Waals surface area contributed by atoms with Gasteiger partial charge in [0.15, 0.2) is 11.3 Å². The molecule has 0 aromatic heterocycles. The fourth-order valence-corrected chi connectivity index (χ4v) is 3.73. The van der Waals surface area contributed by atoms with Crippen LogP contribution in [0.3, 0.4) is 0 Å². The molecular formula is C24H19FN2O3. The predicted molar refractivity (Wildman–Crippen MR) is 109 cm³/mol. The number of Topliss-reactive ketones (excluding diaryl/α,β-unsaturated/α-hetero) is 1. The summed E-state index contributed by atoms with van der Waals surface area (Å²) < 4.78 is 14.0. The van der Waals surface area contributed by atoms with E-state index in [4.69, 9.17) is 0 Å². The van der Waals surface area contributed by atoms with Crippen molar-refractivity contribution in [2.75, 3.05) is 6.54 Å². The monoisotopic (exact) mass is 402 g/mol. The van der Waals surface area contributed by atoms with Gasteiger partial charge in [0.2, 0.25) is 0 Å². The van der Waals surface area contributed by atoms with Crippen molar-refractivity contribution in [2.45, 2.75) is 12.0 Å². The summed E-state index contributed by atoms with van der Waals surface area (Å²) in [4.78, 5) is 39.7. The summed E-state index contributed by atoms with van der Waals surface area (Å²) in [5, 5.41) is 2.79. The molecule has 3 aromatic carbocycles. The molecule has 3 amide bonds. The number of benzene rings is 3. The second kappa shape index (κ2) is 7.91. The van der Waals surface area contributed by atoms with Gasteiger partial charge < -0.3 is 5.32 Å². The van der Waals surface area contributed by atoms with Crippen molar-refractivity contribution in [3.8, 4) is 0 Å². The molecule has 4 rings (SSSR count). The molecule has 150 valence electrons. The number of carbonyl (C=O) groups is 3. The Morgan fingerprint density at radius 3 is 2.13 bits per heavy atom. The average Bonchev–Trinajstić information content (AvgIpc) is 3.00. The maximum absolute atomic E-state index is 14.0. The highest BCUT2D eigenvalue weighted by molar-refractivity contribution is 6.11. The van der Waals surface area contributed by atoms with E-state index in [0.717, 1.165) is 10.5 Å². The Morgan fingerprint density at radius 2 is 1.47 bits per heavy atom. The summed E-state index contributed by atoms with van der Waals surface area (Å²) in [7, 11) is 0. The third-order valence-electron chi connectivity index (χ3n) is 5.23. The first kappa shape index (κ1) is 19.5. The third kappa shape index (κ3) is 3.48. The Bertz CT molecular complexity index is 1100. The molecule has 0 bridgehead atoms. The number of hydrogen-bond acceptors (Lipinski definition) is 3. The molecule has 0 spiro atoms. The molecule has 1 heterocycles. The minimum atomic E-state index is -1.34. The SMILES string of the molecule is O=C(CN1C(=O)N[C@@](Cc2ccccc2)(c2ccccc2)C1=O)c1ccccc1F. The second-order valence-electron chi connectivity index (χ2n) is 7.16. The van der Waals surface area contributed by atoms with Crippen LogP contribution in [0.4, 0.5) is 9.18 Å². The van der Waals surface area contributed by atoms with Gasteiger partial charge in [0, 0.05) is 6.42 Å². The Kier molecular flexibility index (Phi) is 5.14. The number of urea groups is 1. The van der Waals surface area contributed by atoms with E-state index in [-0.39, 0.29) is 12.0 Å². The lowest BCUT2D eigenvalue weighted by Gasteiger charge is -2.27. The molecule has 0 unspecified atom stereocenters. The summed E-state index contributed by atoms with van der Waals surface area (Å²) in [5.41, 5.74) is -0.0152. The largest absolute Gasteiger partial charge is 0.325 e. The molecule has 1 atom stereocenters. The zero-order valence-electron chi connectivity index (χ0n) is 16.0. The summed E-state index contributed by atoms with van der Waals surface area (Å²) in [5.74, 6) is -1.86. The number of hydrogen-bond donors (Lipinski definition) is 1. The van der Waals surface area contributed by atoms with Crippen LogP contribution in [0.25, 0.3) is 0 Å². The third-order valence-corrected chi connectivity index (χ3v) is 5.23. The molecule has 0 radical (unpaired) electrons. The van der Waals surface area contributed by atoms with Gasteiger partial charge in [-0.05, 0) is 23.3 Å². The van der Waals surface area contributed by atoms with Crippen molar-refractivity contribution in [1.82, 2.24) is 10.2 Å². The van der Waals surface area contributed by atoms with E-state index >= 15 is 0 Å². The smallest absolute Gasteiger partial charge is 0.319 e. The molecular weight excluding hydrogens is 383 g/mol. The van der Waals surface area contributed by atoms with Crippen molar-refractivity contribution < 1.29 is 18.8 Å². The minimum Gasteiger partial charge on any atom is -0.319 e. The van der Waals surface area contributed by atoms with E-state index in [1.165, 1.54) is 24.3 Å². The highest BCUT2D eigenvalue weighted by atomic mass is 19.1. The maximum atomic E-state index is 14.0. The lowest BCUT2D eigenvalue weighted by atomic mass is 9.83. The van der Waals surface area contributed by atoms with E-state index < -0.39 is 35.6 Å². The lowest BCUT2D eigenvalue weighted by Crippen LogP contribution is -2.46. The van der Waals surface area contributed by atoms with E-state index in [9.17, 15) is 18.8 Å². The van der Waals surface area contributed by atoms with Gasteiger partial charge in [0.05, 0.1) is 12.1 Å². The van der Waals surface area contributed by atoms with Crippen LogP contribution in [0.1, 0.15) is 21.5 Å². The van der Waals surface area contributed by atoms with Crippen molar-refractivity contribution in [2.24, 2.45) is 0 Å². The summed E-state index contributed by atoms with van der Waals surface area (Å²) >= 11 is 0. The molecule has 0 aliphatic carbocycles. The number of nitrogens with zero attached hydrogens (tertiary/aromatic N) is 1. The number of nitrogens with one attached hydrogen (secondary N) is 1. The maximum Gasteiger partial charge on any atom is 0.325 e. The van der Waals surface area contributed by atoms with E-state index in [0.29, 0.717) is 5.56 Å². The van der Waals surface area contributed by atoms with Gasteiger partial charge in [0.25, 0.3) is 5.91 Å².